The van der Waals surface area contributed by atoms with Crippen LogP contribution >= 0.6 is 11.8 Å². The number of nitrogens with zero attached hydrogens (tertiary/aromatic N) is 2. The maximum absolute atomic E-state index is 12.4. The molecule has 0 spiro atoms. The third kappa shape index (κ3) is 3.13. The van der Waals surface area contributed by atoms with Crippen LogP contribution in [0, 0.1) is 0 Å². The molecule has 0 saturated carbocycles. The van der Waals surface area contributed by atoms with Crippen LogP contribution in [0.1, 0.15) is 25.1 Å². The normalized spacial score (nSPS) is 27.6. The highest BCUT2D eigenvalue weighted by Gasteiger charge is 2.31. The number of thioether (sulfide) groups is 1. The predicted molar refractivity (Wildman–Crippen MR) is 84.1 cm³/mol. The number of hydrogen-bond donors (Lipinski definition) is 0. The zero-order valence-electron chi connectivity index (χ0n) is 12.1. The highest BCUT2D eigenvalue weighted by molar-refractivity contribution is 8.02. The fourth-order valence-corrected chi connectivity index (χ4v) is 6.61. The van der Waals surface area contributed by atoms with Crippen molar-refractivity contribution in [2.75, 3.05) is 23.8 Å². The summed E-state index contributed by atoms with van der Waals surface area (Å²) in [6.07, 6.45) is 2.73. The molecular formula is C14H20N2O3S2. The molecule has 5 nitrogen and oxygen atoms in total. The molecule has 21 heavy (non-hydrogen) atoms. The summed E-state index contributed by atoms with van der Waals surface area (Å²) in [6, 6.07) is 4.16. The molecular weight excluding hydrogens is 308 g/mol. The Morgan fingerprint density at radius 2 is 2.24 bits per heavy atom. The summed E-state index contributed by atoms with van der Waals surface area (Å²) in [5.41, 5.74) is 1.17. The van der Waals surface area contributed by atoms with Gasteiger partial charge in [-0.1, -0.05) is 0 Å². The highest BCUT2D eigenvalue weighted by Crippen LogP contribution is 2.28. The molecule has 3 rings (SSSR count). The Hall–Kier alpha value is -0.950. The van der Waals surface area contributed by atoms with Crippen LogP contribution in [0.15, 0.2) is 18.3 Å². The van der Waals surface area contributed by atoms with E-state index in [0.717, 1.165) is 13.1 Å². The highest BCUT2D eigenvalue weighted by atomic mass is 32.2. The molecule has 0 N–H and O–H groups in total. The van der Waals surface area contributed by atoms with Gasteiger partial charge in [-0.3, -0.25) is 4.79 Å². The molecule has 3 heterocycles. The smallest absolute Gasteiger partial charge is 0.233 e. The molecule has 0 aliphatic carbocycles. The van der Waals surface area contributed by atoms with Crippen LogP contribution in [0.25, 0.3) is 0 Å². The molecule has 2 unspecified atom stereocenters. The van der Waals surface area contributed by atoms with Crippen LogP contribution in [0.5, 0.6) is 0 Å². The Kier molecular flexibility index (Phi) is 4.05. The fourth-order valence-electron chi connectivity index (χ4n) is 3.08. The zero-order chi connectivity index (χ0) is 15.0. The lowest BCUT2D eigenvalue weighted by molar-refractivity contribution is -0.131. The minimum atomic E-state index is -2.86. The number of rotatable bonds is 3. The van der Waals surface area contributed by atoms with E-state index in [-0.39, 0.29) is 28.7 Å². The van der Waals surface area contributed by atoms with E-state index in [4.69, 9.17) is 0 Å². The van der Waals surface area contributed by atoms with E-state index < -0.39 is 9.84 Å². The first kappa shape index (κ1) is 15.0. The topological polar surface area (TPSA) is 59.4 Å². The summed E-state index contributed by atoms with van der Waals surface area (Å²) >= 11 is 1.50. The van der Waals surface area contributed by atoms with Crippen LogP contribution in [-0.4, -0.2) is 52.8 Å². The van der Waals surface area contributed by atoms with Gasteiger partial charge in [0.2, 0.25) is 5.91 Å². The van der Waals surface area contributed by atoms with Crippen molar-refractivity contribution in [1.29, 1.82) is 0 Å². The summed E-state index contributed by atoms with van der Waals surface area (Å²) in [5, 5.41) is 0.0860. The minimum Gasteiger partial charge on any atom is -0.348 e. The quantitative estimate of drug-likeness (QED) is 0.839. The van der Waals surface area contributed by atoms with Crippen LogP contribution in [0.4, 0.5) is 0 Å². The molecule has 116 valence electrons. The Morgan fingerprint density at radius 3 is 2.95 bits per heavy atom. The second-order valence-electron chi connectivity index (χ2n) is 5.73. The monoisotopic (exact) mass is 328 g/mol. The first-order chi connectivity index (χ1) is 9.96. The molecule has 0 bridgehead atoms. The molecule has 1 fully saturated rings. The average Bonchev–Trinajstić information content (AvgIpc) is 3.03. The van der Waals surface area contributed by atoms with Gasteiger partial charge in [0.25, 0.3) is 0 Å². The number of sulfone groups is 1. The first-order valence-electron chi connectivity index (χ1n) is 7.23. The van der Waals surface area contributed by atoms with Gasteiger partial charge in [-0.05, 0) is 25.5 Å². The molecule has 0 aromatic carbocycles. The second-order valence-corrected chi connectivity index (χ2v) is 9.24. The largest absolute Gasteiger partial charge is 0.348 e. The van der Waals surface area contributed by atoms with Crippen LogP contribution in [-0.2, 0) is 21.2 Å². The molecule has 1 amide bonds. The molecule has 1 saturated heterocycles. The van der Waals surface area contributed by atoms with Crippen LogP contribution < -0.4 is 0 Å². The van der Waals surface area contributed by atoms with Gasteiger partial charge in [-0.25, -0.2) is 8.42 Å². The summed E-state index contributed by atoms with van der Waals surface area (Å²) in [4.78, 5) is 14.3. The van der Waals surface area contributed by atoms with Crippen molar-refractivity contribution in [2.24, 2.45) is 0 Å². The minimum absolute atomic E-state index is 0.0860. The van der Waals surface area contributed by atoms with Gasteiger partial charge in [0, 0.05) is 30.2 Å². The molecule has 7 heteroatoms. The van der Waals surface area contributed by atoms with Crippen molar-refractivity contribution in [2.45, 2.75) is 31.2 Å². The van der Waals surface area contributed by atoms with E-state index in [9.17, 15) is 13.2 Å². The third-order valence-corrected chi connectivity index (χ3v) is 7.56. The van der Waals surface area contributed by atoms with Crippen molar-refractivity contribution >= 4 is 27.5 Å². The zero-order valence-corrected chi connectivity index (χ0v) is 13.7. The number of hydrogen-bond acceptors (Lipinski definition) is 4. The summed E-state index contributed by atoms with van der Waals surface area (Å²) < 4.78 is 25.1. The average molecular weight is 328 g/mol. The van der Waals surface area contributed by atoms with Gasteiger partial charge in [0.05, 0.1) is 23.3 Å². The number of carbonyl (C=O) groups is 1. The summed E-state index contributed by atoms with van der Waals surface area (Å²) in [7, 11) is -2.86. The third-order valence-electron chi connectivity index (χ3n) is 4.30. The SMILES string of the molecule is CC1c2cccn2CCN1C(=O)CSC1CCS(=O)(=O)C1. The van der Waals surface area contributed by atoms with E-state index in [2.05, 4.69) is 10.6 Å². The van der Waals surface area contributed by atoms with Gasteiger partial charge in [-0.15, -0.1) is 11.8 Å². The van der Waals surface area contributed by atoms with Gasteiger partial charge in [0.15, 0.2) is 9.84 Å². The number of aromatic nitrogens is 1. The van der Waals surface area contributed by atoms with E-state index in [1.54, 1.807) is 0 Å². The molecule has 1 aromatic rings. The van der Waals surface area contributed by atoms with Crippen molar-refractivity contribution in [3.63, 3.8) is 0 Å². The van der Waals surface area contributed by atoms with Crippen molar-refractivity contribution in [1.82, 2.24) is 9.47 Å². The number of carbonyl (C=O) groups excluding carboxylic acids is 1. The van der Waals surface area contributed by atoms with Crippen molar-refractivity contribution in [3.8, 4) is 0 Å². The lowest BCUT2D eigenvalue weighted by atomic mass is 10.1. The van der Waals surface area contributed by atoms with Gasteiger partial charge in [-0.2, -0.15) is 0 Å². The van der Waals surface area contributed by atoms with Gasteiger partial charge < -0.3 is 9.47 Å². The molecule has 1 aromatic heterocycles. The Balaban J connectivity index is 1.57. The van der Waals surface area contributed by atoms with E-state index in [1.165, 1.54) is 17.5 Å². The molecule has 2 atom stereocenters. The summed E-state index contributed by atoms with van der Waals surface area (Å²) in [5.74, 6) is 0.991. The fraction of sp³-hybridized carbons (Fsp3) is 0.643. The van der Waals surface area contributed by atoms with Crippen molar-refractivity contribution in [3.05, 3.63) is 24.0 Å². The predicted octanol–water partition coefficient (Wildman–Crippen LogP) is 1.31. The standard InChI is InChI=1S/C14H20N2O3S2/c1-11-13-3-2-5-15(13)6-7-16(11)14(17)9-20-12-4-8-21(18,19)10-12/h2-3,5,11-12H,4,6-10H2,1H3. The molecule has 2 aliphatic heterocycles. The van der Waals surface area contributed by atoms with Crippen molar-refractivity contribution < 1.29 is 13.2 Å². The van der Waals surface area contributed by atoms with E-state index in [1.807, 2.05) is 24.1 Å². The van der Waals surface area contributed by atoms with Crippen LogP contribution in [0.2, 0.25) is 0 Å². The van der Waals surface area contributed by atoms with Gasteiger partial charge >= 0.3 is 0 Å². The number of fused-ring (bicyclic) bond motifs is 1. The van der Waals surface area contributed by atoms with E-state index >= 15 is 0 Å². The van der Waals surface area contributed by atoms with E-state index in [0.29, 0.717) is 12.2 Å². The lowest BCUT2D eigenvalue weighted by Gasteiger charge is -2.35. The first-order valence-corrected chi connectivity index (χ1v) is 10.1. The maximum atomic E-state index is 12.4. The Labute approximate surface area is 129 Å². The van der Waals surface area contributed by atoms with Gasteiger partial charge in [0.1, 0.15) is 0 Å². The lowest BCUT2D eigenvalue weighted by Crippen LogP contribution is -2.41. The summed E-state index contributed by atoms with van der Waals surface area (Å²) in [6.45, 7) is 3.61. The Bertz CT molecular complexity index is 638. The molecule has 0 radical (unpaired) electrons. The molecule has 2 aliphatic rings. The maximum Gasteiger partial charge on any atom is 0.233 e. The number of amides is 1. The Morgan fingerprint density at radius 1 is 1.43 bits per heavy atom. The van der Waals surface area contributed by atoms with Crippen LogP contribution in [0.3, 0.4) is 0 Å². The second kappa shape index (κ2) is 5.68.